The second kappa shape index (κ2) is 6.24. The highest BCUT2D eigenvalue weighted by Crippen LogP contribution is 2.46. The Morgan fingerprint density at radius 2 is 1.88 bits per heavy atom. The summed E-state index contributed by atoms with van der Waals surface area (Å²) in [6.45, 7) is 1.50. The molecule has 0 atom stereocenters. The topological polar surface area (TPSA) is 51.0 Å². The molecule has 0 radical (unpaired) electrons. The molecule has 1 aliphatic carbocycles. The number of halogens is 1. The molecule has 1 aromatic carbocycles. The number of nitrogens with zero attached hydrogens (tertiary/aromatic N) is 4. The van der Waals surface area contributed by atoms with E-state index in [-0.39, 0.29) is 11.7 Å². The van der Waals surface area contributed by atoms with E-state index in [1.807, 2.05) is 16.5 Å². The van der Waals surface area contributed by atoms with Crippen LogP contribution < -0.4 is 0 Å². The first-order valence-electron chi connectivity index (χ1n) is 8.99. The van der Waals surface area contributed by atoms with Crippen molar-refractivity contribution in [2.24, 2.45) is 7.05 Å². The smallest absolute Gasteiger partial charge is 0.233 e. The molecule has 1 aromatic heterocycles. The molecule has 2 heterocycles. The molecular formula is C19H23FN4O. The maximum atomic E-state index is 13.3. The largest absolute Gasteiger partial charge is 0.342 e. The van der Waals surface area contributed by atoms with E-state index in [2.05, 4.69) is 10.2 Å². The Bertz CT molecular complexity index is 758. The van der Waals surface area contributed by atoms with Crippen LogP contribution in [0.15, 0.2) is 30.6 Å². The van der Waals surface area contributed by atoms with Crippen LogP contribution in [0.5, 0.6) is 0 Å². The standard InChI is InChI=1S/C19H23FN4O/c1-23-13-21-22-17(23)14-7-11-24(12-8-14)18(25)19(9-2-10-19)15-3-5-16(20)6-4-15/h3-6,13-14H,2,7-12H2,1H3. The molecule has 1 amide bonds. The molecule has 1 aliphatic heterocycles. The maximum Gasteiger partial charge on any atom is 0.233 e. The summed E-state index contributed by atoms with van der Waals surface area (Å²) in [6, 6.07) is 6.48. The first-order chi connectivity index (χ1) is 12.1. The minimum atomic E-state index is -0.439. The number of carbonyl (C=O) groups is 1. The van der Waals surface area contributed by atoms with Gasteiger partial charge in [-0.1, -0.05) is 18.6 Å². The van der Waals surface area contributed by atoms with Gasteiger partial charge in [-0.05, 0) is 43.4 Å². The second-order valence-electron chi connectivity index (χ2n) is 7.31. The number of piperidine rings is 1. The highest BCUT2D eigenvalue weighted by molar-refractivity contribution is 5.89. The van der Waals surface area contributed by atoms with E-state index < -0.39 is 5.41 Å². The van der Waals surface area contributed by atoms with Crippen LogP contribution in [0.25, 0.3) is 0 Å². The third kappa shape index (κ3) is 2.73. The number of hydrogen-bond donors (Lipinski definition) is 0. The number of amides is 1. The monoisotopic (exact) mass is 342 g/mol. The highest BCUT2D eigenvalue weighted by Gasteiger charge is 2.48. The molecule has 0 unspecified atom stereocenters. The summed E-state index contributed by atoms with van der Waals surface area (Å²) in [5.41, 5.74) is 0.520. The van der Waals surface area contributed by atoms with Gasteiger partial charge in [0.1, 0.15) is 18.0 Å². The van der Waals surface area contributed by atoms with Gasteiger partial charge >= 0.3 is 0 Å². The lowest BCUT2D eigenvalue weighted by Gasteiger charge is -2.45. The SMILES string of the molecule is Cn1cnnc1C1CCN(C(=O)C2(c3ccc(F)cc3)CCC2)CC1. The van der Waals surface area contributed by atoms with Crippen molar-refractivity contribution in [1.29, 1.82) is 0 Å². The third-order valence-corrected chi connectivity index (χ3v) is 5.91. The van der Waals surface area contributed by atoms with Gasteiger partial charge in [-0.2, -0.15) is 0 Å². The molecule has 2 fully saturated rings. The van der Waals surface area contributed by atoms with Gasteiger partial charge in [0.25, 0.3) is 0 Å². The molecule has 0 N–H and O–H groups in total. The minimum absolute atomic E-state index is 0.210. The number of likely N-dealkylation sites (tertiary alicyclic amines) is 1. The summed E-state index contributed by atoms with van der Waals surface area (Å²) >= 11 is 0. The summed E-state index contributed by atoms with van der Waals surface area (Å²) in [5, 5.41) is 8.18. The molecule has 4 rings (SSSR count). The maximum absolute atomic E-state index is 13.3. The fourth-order valence-electron chi connectivity index (χ4n) is 4.23. The van der Waals surface area contributed by atoms with Crippen molar-refractivity contribution in [2.75, 3.05) is 13.1 Å². The average Bonchev–Trinajstić information content (AvgIpc) is 3.01. The number of hydrogen-bond acceptors (Lipinski definition) is 3. The van der Waals surface area contributed by atoms with Crippen LogP contribution in [0.3, 0.4) is 0 Å². The predicted octanol–water partition coefficient (Wildman–Crippen LogP) is 2.78. The van der Waals surface area contributed by atoms with Crippen molar-refractivity contribution in [3.8, 4) is 0 Å². The number of benzene rings is 1. The zero-order valence-corrected chi connectivity index (χ0v) is 14.5. The zero-order valence-electron chi connectivity index (χ0n) is 14.5. The minimum Gasteiger partial charge on any atom is -0.342 e. The summed E-state index contributed by atoms with van der Waals surface area (Å²) in [7, 11) is 1.96. The summed E-state index contributed by atoms with van der Waals surface area (Å²) in [4.78, 5) is 15.2. The molecule has 2 aromatic rings. The lowest BCUT2D eigenvalue weighted by Crippen LogP contribution is -2.53. The van der Waals surface area contributed by atoms with E-state index in [4.69, 9.17) is 0 Å². The normalized spacial score (nSPS) is 20.3. The van der Waals surface area contributed by atoms with Gasteiger partial charge in [0.2, 0.25) is 5.91 Å². The quantitative estimate of drug-likeness (QED) is 0.862. The molecule has 5 nitrogen and oxygen atoms in total. The lowest BCUT2D eigenvalue weighted by molar-refractivity contribution is -0.142. The Morgan fingerprint density at radius 3 is 2.40 bits per heavy atom. The Kier molecular flexibility index (Phi) is 4.06. The van der Waals surface area contributed by atoms with Crippen LogP contribution >= 0.6 is 0 Å². The fraction of sp³-hybridized carbons (Fsp3) is 0.526. The van der Waals surface area contributed by atoms with Gasteiger partial charge in [0.05, 0.1) is 5.41 Å². The molecule has 25 heavy (non-hydrogen) atoms. The molecule has 6 heteroatoms. The Hall–Kier alpha value is -2.24. The first-order valence-corrected chi connectivity index (χ1v) is 8.99. The van der Waals surface area contributed by atoms with Crippen molar-refractivity contribution in [3.05, 3.63) is 47.8 Å². The number of rotatable bonds is 3. The highest BCUT2D eigenvalue weighted by atomic mass is 19.1. The van der Waals surface area contributed by atoms with Gasteiger partial charge < -0.3 is 9.47 Å². The lowest BCUT2D eigenvalue weighted by atomic mass is 9.63. The molecule has 0 spiro atoms. The number of aromatic nitrogens is 3. The van der Waals surface area contributed by atoms with Crippen LogP contribution in [0.4, 0.5) is 4.39 Å². The van der Waals surface area contributed by atoms with Crippen molar-refractivity contribution < 1.29 is 9.18 Å². The van der Waals surface area contributed by atoms with E-state index in [1.165, 1.54) is 12.1 Å². The van der Waals surface area contributed by atoms with Crippen molar-refractivity contribution in [3.63, 3.8) is 0 Å². The fourth-order valence-corrected chi connectivity index (χ4v) is 4.23. The van der Waals surface area contributed by atoms with Crippen LogP contribution in [0.2, 0.25) is 0 Å². The number of aryl methyl sites for hydroxylation is 1. The predicted molar refractivity (Wildman–Crippen MR) is 91.5 cm³/mol. The first kappa shape index (κ1) is 16.2. The molecule has 0 bridgehead atoms. The number of carbonyl (C=O) groups excluding carboxylic acids is 1. The van der Waals surface area contributed by atoms with Crippen molar-refractivity contribution in [1.82, 2.24) is 19.7 Å². The van der Waals surface area contributed by atoms with Crippen LogP contribution in [0.1, 0.15) is 49.4 Å². The second-order valence-corrected chi connectivity index (χ2v) is 7.31. The van der Waals surface area contributed by atoms with E-state index >= 15 is 0 Å². The third-order valence-electron chi connectivity index (χ3n) is 5.91. The van der Waals surface area contributed by atoms with Gasteiger partial charge in [0, 0.05) is 26.1 Å². The van der Waals surface area contributed by atoms with E-state index in [1.54, 1.807) is 18.5 Å². The van der Waals surface area contributed by atoms with Gasteiger partial charge in [-0.3, -0.25) is 4.79 Å². The Balaban J connectivity index is 1.48. The Morgan fingerprint density at radius 1 is 1.20 bits per heavy atom. The van der Waals surface area contributed by atoms with E-state index in [0.29, 0.717) is 5.92 Å². The zero-order chi connectivity index (χ0) is 17.4. The molecular weight excluding hydrogens is 319 g/mol. The van der Waals surface area contributed by atoms with Gasteiger partial charge in [-0.15, -0.1) is 10.2 Å². The summed E-state index contributed by atoms with van der Waals surface area (Å²) in [6.07, 6.45) is 6.33. The van der Waals surface area contributed by atoms with Crippen molar-refractivity contribution >= 4 is 5.91 Å². The van der Waals surface area contributed by atoms with Gasteiger partial charge in [-0.25, -0.2) is 4.39 Å². The summed E-state index contributed by atoms with van der Waals surface area (Å²) in [5.74, 6) is 1.32. The van der Waals surface area contributed by atoms with E-state index in [9.17, 15) is 9.18 Å². The molecule has 2 aliphatic rings. The molecule has 132 valence electrons. The molecule has 1 saturated carbocycles. The Labute approximate surface area is 146 Å². The van der Waals surface area contributed by atoms with Crippen LogP contribution in [-0.2, 0) is 17.3 Å². The molecule has 1 saturated heterocycles. The van der Waals surface area contributed by atoms with Crippen LogP contribution in [0, 0.1) is 5.82 Å². The average molecular weight is 342 g/mol. The van der Waals surface area contributed by atoms with Crippen LogP contribution in [-0.4, -0.2) is 38.7 Å². The van der Waals surface area contributed by atoms with Gasteiger partial charge in [0.15, 0.2) is 0 Å². The van der Waals surface area contributed by atoms with E-state index in [0.717, 1.165) is 56.6 Å². The summed E-state index contributed by atoms with van der Waals surface area (Å²) < 4.78 is 15.2. The van der Waals surface area contributed by atoms with Crippen molar-refractivity contribution in [2.45, 2.75) is 43.4 Å².